The summed E-state index contributed by atoms with van der Waals surface area (Å²) in [7, 11) is 0. The van der Waals surface area contributed by atoms with Crippen molar-refractivity contribution in [1.82, 2.24) is 15.1 Å². The third kappa shape index (κ3) is 4.00. The summed E-state index contributed by atoms with van der Waals surface area (Å²) >= 11 is 0. The van der Waals surface area contributed by atoms with Gasteiger partial charge in [0, 0.05) is 6.61 Å². The van der Waals surface area contributed by atoms with E-state index in [-0.39, 0.29) is 18.6 Å². The highest BCUT2D eigenvalue weighted by atomic mass is 16.3. The molecule has 0 aliphatic rings. The molecule has 2 N–H and O–H groups in total. The highest BCUT2D eigenvalue weighted by Crippen LogP contribution is 2.20. The molecule has 5 heteroatoms. The first-order valence-corrected chi connectivity index (χ1v) is 8.77. The number of amides is 1. The van der Waals surface area contributed by atoms with E-state index in [0.29, 0.717) is 18.4 Å². The lowest BCUT2D eigenvalue weighted by Gasteiger charge is -2.19. The van der Waals surface area contributed by atoms with Gasteiger partial charge in [-0.15, -0.1) is 0 Å². The van der Waals surface area contributed by atoms with Crippen molar-refractivity contribution >= 4 is 5.91 Å². The minimum Gasteiger partial charge on any atom is -0.396 e. The maximum absolute atomic E-state index is 12.8. The second kappa shape index (κ2) is 8.45. The predicted molar refractivity (Wildman–Crippen MR) is 101 cm³/mol. The van der Waals surface area contributed by atoms with Gasteiger partial charge >= 0.3 is 0 Å². The molecule has 0 radical (unpaired) electrons. The van der Waals surface area contributed by atoms with Crippen LogP contribution in [0.5, 0.6) is 0 Å². The zero-order valence-corrected chi connectivity index (χ0v) is 14.8. The Morgan fingerprint density at radius 3 is 2.42 bits per heavy atom. The Labute approximate surface area is 153 Å². The lowest BCUT2D eigenvalue weighted by molar-refractivity contribution is 0.0931. The van der Waals surface area contributed by atoms with Gasteiger partial charge in [-0.3, -0.25) is 4.79 Å². The molecule has 26 heavy (non-hydrogen) atoms. The van der Waals surface area contributed by atoms with Gasteiger partial charge in [-0.2, -0.15) is 5.10 Å². The summed E-state index contributed by atoms with van der Waals surface area (Å²) in [5, 5.41) is 16.6. The molecule has 0 saturated heterocycles. The quantitative estimate of drug-likeness (QED) is 0.687. The van der Waals surface area contributed by atoms with Crippen LogP contribution < -0.4 is 5.32 Å². The summed E-state index contributed by atoms with van der Waals surface area (Å²) in [6, 6.07) is 19.4. The SMILES string of the molecule is Cc1c(C(=O)NC(CCCO)c2ccccc2)cnn1-c1ccccc1. The molecule has 5 nitrogen and oxygen atoms in total. The molecule has 1 amide bonds. The Bertz CT molecular complexity index is 844. The van der Waals surface area contributed by atoms with Crippen LogP contribution in [0.25, 0.3) is 5.69 Å². The first-order valence-electron chi connectivity index (χ1n) is 8.77. The Balaban J connectivity index is 1.81. The van der Waals surface area contributed by atoms with Gasteiger partial charge in [0.1, 0.15) is 0 Å². The molecule has 0 spiro atoms. The van der Waals surface area contributed by atoms with Crippen molar-refractivity contribution in [2.45, 2.75) is 25.8 Å². The highest BCUT2D eigenvalue weighted by molar-refractivity contribution is 5.95. The lowest BCUT2D eigenvalue weighted by atomic mass is 10.0. The topological polar surface area (TPSA) is 67.2 Å². The molecule has 0 aliphatic heterocycles. The van der Waals surface area contributed by atoms with Crippen LogP contribution in [0.2, 0.25) is 0 Å². The summed E-state index contributed by atoms with van der Waals surface area (Å²) in [5.74, 6) is -0.156. The van der Waals surface area contributed by atoms with Crippen LogP contribution in [-0.4, -0.2) is 27.4 Å². The minimum atomic E-state index is -0.156. The molecular formula is C21H23N3O2. The highest BCUT2D eigenvalue weighted by Gasteiger charge is 2.19. The molecule has 0 bridgehead atoms. The van der Waals surface area contributed by atoms with Crippen LogP contribution in [0.1, 0.15) is 40.5 Å². The number of para-hydroxylation sites is 1. The van der Waals surface area contributed by atoms with Gasteiger partial charge in [-0.05, 0) is 37.5 Å². The number of carbonyl (C=O) groups excluding carboxylic acids is 1. The van der Waals surface area contributed by atoms with Crippen LogP contribution >= 0.6 is 0 Å². The van der Waals surface area contributed by atoms with Crippen LogP contribution in [0.15, 0.2) is 66.9 Å². The van der Waals surface area contributed by atoms with Crippen LogP contribution in [0.4, 0.5) is 0 Å². The summed E-state index contributed by atoms with van der Waals surface area (Å²) in [4.78, 5) is 12.8. The maximum atomic E-state index is 12.8. The number of hydrogen-bond acceptors (Lipinski definition) is 3. The number of carbonyl (C=O) groups is 1. The molecule has 134 valence electrons. The van der Waals surface area contributed by atoms with Gasteiger partial charge in [0.25, 0.3) is 5.91 Å². The van der Waals surface area contributed by atoms with Crippen molar-refractivity contribution in [3.05, 3.63) is 83.7 Å². The molecule has 0 saturated carbocycles. The summed E-state index contributed by atoms with van der Waals surface area (Å²) in [5.41, 5.74) is 3.30. The molecule has 1 unspecified atom stereocenters. The number of aromatic nitrogens is 2. The number of aliphatic hydroxyl groups is 1. The Kier molecular flexibility index (Phi) is 5.81. The van der Waals surface area contributed by atoms with E-state index in [2.05, 4.69) is 10.4 Å². The van der Waals surface area contributed by atoms with Crippen molar-refractivity contribution in [2.75, 3.05) is 6.61 Å². The summed E-state index contributed by atoms with van der Waals surface area (Å²) < 4.78 is 1.76. The van der Waals surface area contributed by atoms with Crippen molar-refractivity contribution in [3.63, 3.8) is 0 Å². The zero-order valence-electron chi connectivity index (χ0n) is 14.8. The molecule has 1 atom stereocenters. The van der Waals surface area contributed by atoms with Crippen molar-refractivity contribution in [1.29, 1.82) is 0 Å². The number of rotatable bonds is 7. The van der Waals surface area contributed by atoms with Gasteiger partial charge < -0.3 is 10.4 Å². The largest absolute Gasteiger partial charge is 0.396 e. The third-order valence-corrected chi connectivity index (χ3v) is 4.41. The summed E-state index contributed by atoms with van der Waals surface area (Å²) in [6.45, 7) is 1.99. The molecule has 0 fully saturated rings. The second-order valence-electron chi connectivity index (χ2n) is 6.19. The predicted octanol–water partition coefficient (Wildman–Crippen LogP) is 3.42. The third-order valence-electron chi connectivity index (χ3n) is 4.41. The normalized spacial score (nSPS) is 11.9. The molecule has 2 aromatic carbocycles. The molecule has 3 aromatic rings. The fraction of sp³-hybridized carbons (Fsp3) is 0.238. The monoisotopic (exact) mass is 349 g/mol. The smallest absolute Gasteiger partial charge is 0.255 e. The standard InChI is InChI=1S/C21H23N3O2/c1-16-19(15-22-24(16)18-11-6-3-7-12-18)21(26)23-20(13-8-14-25)17-9-4-2-5-10-17/h2-7,9-12,15,20,25H,8,13-14H2,1H3,(H,23,26). The molecule has 1 heterocycles. The maximum Gasteiger partial charge on any atom is 0.255 e. The fourth-order valence-corrected chi connectivity index (χ4v) is 3.00. The van der Waals surface area contributed by atoms with Gasteiger partial charge in [0.2, 0.25) is 0 Å². The first kappa shape index (κ1) is 17.9. The van der Waals surface area contributed by atoms with Crippen LogP contribution in [0, 0.1) is 6.92 Å². The molecule has 1 aromatic heterocycles. The van der Waals surface area contributed by atoms with Gasteiger partial charge in [-0.1, -0.05) is 48.5 Å². The van der Waals surface area contributed by atoms with E-state index in [9.17, 15) is 4.79 Å². The van der Waals surface area contributed by atoms with E-state index in [1.54, 1.807) is 10.9 Å². The number of nitrogens with one attached hydrogen (secondary N) is 1. The van der Waals surface area contributed by atoms with Crippen LogP contribution in [-0.2, 0) is 0 Å². The van der Waals surface area contributed by atoms with E-state index in [1.165, 1.54) is 0 Å². The fourth-order valence-electron chi connectivity index (χ4n) is 3.00. The van der Waals surface area contributed by atoms with E-state index >= 15 is 0 Å². The van der Waals surface area contributed by atoms with E-state index in [4.69, 9.17) is 5.11 Å². The minimum absolute atomic E-state index is 0.101. The van der Waals surface area contributed by atoms with Crippen molar-refractivity contribution in [3.8, 4) is 5.69 Å². The number of hydrogen-bond donors (Lipinski definition) is 2. The molecule has 0 aliphatic carbocycles. The number of nitrogens with zero attached hydrogens (tertiary/aromatic N) is 2. The van der Waals surface area contributed by atoms with E-state index in [0.717, 1.165) is 16.9 Å². The van der Waals surface area contributed by atoms with Crippen molar-refractivity contribution < 1.29 is 9.90 Å². The number of benzene rings is 2. The molecular weight excluding hydrogens is 326 g/mol. The second-order valence-corrected chi connectivity index (χ2v) is 6.19. The Morgan fingerprint density at radius 2 is 1.77 bits per heavy atom. The van der Waals surface area contributed by atoms with E-state index < -0.39 is 0 Å². The summed E-state index contributed by atoms with van der Waals surface area (Å²) in [6.07, 6.45) is 2.91. The van der Waals surface area contributed by atoms with Gasteiger partial charge in [0.15, 0.2) is 0 Å². The number of aliphatic hydroxyl groups excluding tert-OH is 1. The van der Waals surface area contributed by atoms with Crippen molar-refractivity contribution in [2.24, 2.45) is 0 Å². The lowest BCUT2D eigenvalue weighted by Crippen LogP contribution is -2.29. The van der Waals surface area contributed by atoms with Gasteiger partial charge in [0.05, 0.1) is 29.2 Å². The average molecular weight is 349 g/mol. The van der Waals surface area contributed by atoms with Gasteiger partial charge in [-0.25, -0.2) is 4.68 Å². The average Bonchev–Trinajstić information content (AvgIpc) is 3.08. The first-order chi connectivity index (χ1) is 12.7. The Morgan fingerprint density at radius 1 is 1.12 bits per heavy atom. The molecule has 3 rings (SSSR count). The van der Waals surface area contributed by atoms with E-state index in [1.807, 2.05) is 67.6 Å². The Hall–Kier alpha value is -2.92. The van der Waals surface area contributed by atoms with Crippen LogP contribution in [0.3, 0.4) is 0 Å². The zero-order chi connectivity index (χ0) is 18.4.